The number of aliphatic hydroxyl groups is 1. The van der Waals surface area contributed by atoms with Gasteiger partial charge in [-0.05, 0) is 12.8 Å². The summed E-state index contributed by atoms with van der Waals surface area (Å²) >= 11 is 0. The summed E-state index contributed by atoms with van der Waals surface area (Å²) in [5.41, 5.74) is 0. The predicted molar refractivity (Wildman–Crippen MR) is 59.3 cm³/mol. The van der Waals surface area contributed by atoms with Gasteiger partial charge in [0.25, 0.3) is 0 Å². The Morgan fingerprint density at radius 2 is 2.12 bits per heavy atom. The number of nitrogens with one attached hydrogen (secondary N) is 1. The van der Waals surface area contributed by atoms with Gasteiger partial charge in [0.2, 0.25) is 10.0 Å². The van der Waals surface area contributed by atoms with Crippen LogP contribution in [0, 0.1) is 0 Å². The van der Waals surface area contributed by atoms with Crippen molar-refractivity contribution in [2.45, 2.75) is 32.2 Å². The molecule has 6 nitrogen and oxygen atoms in total. The van der Waals surface area contributed by atoms with Gasteiger partial charge in [0.1, 0.15) is 0 Å². The lowest BCUT2D eigenvalue weighted by Gasteiger charge is -2.13. The lowest BCUT2D eigenvalue weighted by Crippen LogP contribution is -2.38. The zero-order chi connectivity index (χ0) is 12.6. The van der Waals surface area contributed by atoms with Gasteiger partial charge in [0.05, 0.1) is 19.5 Å². The van der Waals surface area contributed by atoms with Crippen molar-refractivity contribution in [3.8, 4) is 0 Å². The summed E-state index contributed by atoms with van der Waals surface area (Å²) in [4.78, 5) is 10.8. The molecule has 0 saturated carbocycles. The molecule has 16 heavy (non-hydrogen) atoms. The summed E-state index contributed by atoms with van der Waals surface area (Å²) in [6.07, 6.45) is 0.809. The number of sulfonamides is 1. The van der Waals surface area contributed by atoms with Gasteiger partial charge in [-0.25, -0.2) is 13.1 Å². The highest BCUT2D eigenvalue weighted by atomic mass is 32.2. The summed E-state index contributed by atoms with van der Waals surface area (Å²) < 4.78 is 29.7. The first-order valence-corrected chi connectivity index (χ1v) is 6.78. The van der Waals surface area contributed by atoms with Gasteiger partial charge in [0, 0.05) is 12.5 Å². The molecule has 0 aliphatic rings. The monoisotopic (exact) mass is 253 g/mol. The molecule has 1 atom stereocenters. The minimum atomic E-state index is -3.43. The van der Waals surface area contributed by atoms with Crippen LogP contribution >= 0.6 is 0 Å². The zero-order valence-corrected chi connectivity index (χ0v) is 10.4. The number of rotatable bonds is 8. The standard InChI is InChI=1S/C9H19NO5S/c1-3-8(7-11)10-16(13,14)6-4-5-9(12)15-2/h8,10-11H,3-7H2,1-2H3. The molecule has 0 aromatic carbocycles. The van der Waals surface area contributed by atoms with Crippen LogP contribution in [0.1, 0.15) is 26.2 Å². The lowest BCUT2D eigenvalue weighted by atomic mass is 10.3. The summed E-state index contributed by atoms with van der Waals surface area (Å²) in [6.45, 7) is 1.55. The van der Waals surface area contributed by atoms with Gasteiger partial charge in [-0.15, -0.1) is 0 Å². The van der Waals surface area contributed by atoms with Crippen LogP contribution in [0.2, 0.25) is 0 Å². The Labute approximate surface area is 96.0 Å². The molecule has 0 bridgehead atoms. The van der Waals surface area contributed by atoms with Crippen LogP contribution in [0.25, 0.3) is 0 Å². The second-order valence-corrected chi connectivity index (χ2v) is 5.28. The molecular weight excluding hydrogens is 234 g/mol. The van der Waals surface area contributed by atoms with E-state index in [0.717, 1.165) is 0 Å². The smallest absolute Gasteiger partial charge is 0.305 e. The van der Waals surface area contributed by atoms with E-state index in [1.807, 2.05) is 0 Å². The Hall–Kier alpha value is -0.660. The number of methoxy groups -OCH3 is 1. The lowest BCUT2D eigenvalue weighted by molar-refractivity contribution is -0.140. The molecule has 0 amide bonds. The largest absolute Gasteiger partial charge is 0.469 e. The molecule has 7 heteroatoms. The molecule has 0 fully saturated rings. The minimum absolute atomic E-state index is 0.0767. The fraction of sp³-hybridized carbons (Fsp3) is 0.889. The SMILES string of the molecule is CCC(CO)NS(=O)(=O)CCCC(=O)OC. The second-order valence-electron chi connectivity index (χ2n) is 3.40. The van der Waals surface area contributed by atoms with Crippen LogP contribution in [0.3, 0.4) is 0 Å². The van der Waals surface area contributed by atoms with Crippen molar-refractivity contribution in [1.29, 1.82) is 0 Å². The summed E-state index contributed by atoms with van der Waals surface area (Å²) in [6, 6.07) is -0.455. The Morgan fingerprint density at radius 3 is 2.56 bits per heavy atom. The fourth-order valence-electron chi connectivity index (χ4n) is 1.07. The highest BCUT2D eigenvalue weighted by Gasteiger charge is 2.16. The second kappa shape index (κ2) is 7.59. The summed E-state index contributed by atoms with van der Waals surface area (Å²) in [7, 11) is -2.17. The van der Waals surface area contributed by atoms with E-state index >= 15 is 0 Å². The molecule has 0 radical (unpaired) electrons. The van der Waals surface area contributed by atoms with E-state index in [1.165, 1.54) is 7.11 Å². The first-order chi connectivity index (χ1) is 7.45. The van der Waals surface area contributed by atoms with Gasteiger partial charge in [-0.1, -0.05) is 6.92 Å². The minimum Gasteiger partial charge on any atom is -0.469 e. The Bertz CT molecular complexity index is 297. The van der Waals surface area contributed by atoms with E-state index in [-0.39, 0.29) is 25.2 Å². The molecule has 0 heterocycles. The highest BCUT2D eigenvalue weighted by Crippen LogP contribution is 1.99. The van der Waals surface area contributed by atoms with Crippen LogP contribution in [0.5, 0.6) is 0 Å². The van der Waals surface area contributed by atoms with Crippen LogP contribution in [0.4, 0.5) is 0 Å². The van der Waals surface area contributed by atoms with Crippen molar-refractivity contribution in [3.63, 3.8) is 0 Å². The average molecular weight is 253 g/mol. The van der Waals surface area contributed by atoms with Crippen LogP contribution in [-0.4, -0.2) is 45.0 Å². The van der Waals surface area contributed by atoms with Crippen molar-refractivity contribution in [2.24, 2.45) is 0 Å². The van der Waals surface area contributed by atoms with Crippen LogP contribution in [-0.2, 0) is 19.6 Å². The molecular formula is C9H19NO5S. The number of ether oxygens (including phenoxy) is 1. The maximum absolute atomic E-state index is 11.5. The van der Waals surface area contributed by atoms with Crippen molar-refractivity contribution in [3.05, 3.63) is 0 Å². The molecule has 0 saturated heterocycles. The van der Waals surface area contributed by atoms with Gasteiger partial charge in [-0.3, -0.25) is 4.79 Å². The number of hydrogen-bond acceptors (Lipinski definition) is 5. The molecule has 0 aromatic rings. The normalized spacial score (nSPS) is 13.4. The zero-order valence-electron chi connectivity index (χ0n) is 9.60. The fourth-order valence-corrected chi connectivity index (χ4v) is 2.46. The number of carbonyl (C=O) groups is 1. The van der Waals surface area contributed by atoms with E-state index in [1.54, 1.807) is 6.92 Å². The first kappa shape index (κ1) is 15.3. The van der Waals surface area contributed by atoms with E-state index in [2.05, 4.69) is 9.46 Å². The molecule has 1 unspecified atom stereocenters. The van der Waals surface area contributed by atoms with Crippen molar-refractivity contribution in [1.82, 2.24) is 4.72 Å². The van der Waals surface area contributed by atoms with Gasteiger partial charge in [-0.2, -0.15) is 0 Å². The highest BCUT2D eigenvalue weighted by molar-refractivity contribution is 7.89. The molecule has 0 aliphatic carbocycles. The Morgan fingerprint density at radius 1 is 1.50 bits per heavy atom. The van der Waals surface area contributed by atoms with Crippen molar-refractivity contribution < 1.29 is 23.1 Å². The van der Waals surface area contributed by atoms with Gasteiger partial charge < -0.3 is 9.84 Å². The number of esters is 1. The quantitative estimate of drug-likeness (QED) is 0.576. The Kier molecular flexibility index (Phi) is 7.27. The van der Waals surface area contributed by atoms with E-state index in [9.17, 15) is 13.2 Å². The average Bonchev–Trinajstić information content (AvgIpc) is 2.25. The van der Waals surface area contributed by atoms with E-state index < -0.39 is 22.0 Å². The third kappa shape index (κ3) is 6.76. The van der Waals surface area contributed by atoms with Crippen molar-refractivity contribution in [2.75, 3.05) is 19.5 Å². The van der Waals surface area contributed by atoms with E-state index in [4.69, 9.17) is 5.11 Å². The summed E-state index contributed by atoms with van der Waals surface area (Å²) in [5, 5.41) is 8.84. The molecule has 0 aliphatic heterocycles. The topological polar surface area (TPSA) is 92.7 Å². The van der Waals surface area contributed by atoms with Gasteiger partial charge in [0.15, 0.2) is 0 Å². The third-order valence-corrected chi connectivity index (χ3v) is 3.60. The Balaban J connectivity index is 4.01. The molecule has 0 spiro atoms. The predicted octanol–water partition coefficient (Wildman–Crippen LogP) is -0.370. The maximum atomic E-state index is 11.5. The third-order valence-electron chi connectivity index (χ3n) is 2.08. The van der Waals surface area contributed by atoms with Crippen LogP contribution < -0.4 is 4.72 Å². The first-order valence-electron chi connectivity index (χ1n) is 5.12. The number of aliphatic hydroxyl groups excluding tert-OH is 1. The number of hydrogen-bond donors (Lipinski definition) is 2. The van der Waals surface area contributed by atoms with Crippen molar-refractivity contribution >= 4 is 16.0 Å². The van der Waals surface area contributed by atoms with Gasteiger partial charge >= 0.3 is 5.97 Å². The number of carbonyl (C=O) groups excluding carboxylic acids is 1. The van der Waals surface area contributed by atoms with Crippen LogP contribution in [0.15, 0.2) is 0 Å². The summed E-state index contributed by atoms with van der Waals surface area (Å²) in [5.74, 6) is -0.567. The molecule has 0 rings (SSSR count). The molecule has 96 valence electrons. The maximum Gasteiger partial charge on any atom is 0.305 e. The van der Waals surface area contributed by atoms with E-state index in [0.29, 0.717) is 6.42 Å². The molecule has 2 N–H and O–H groups in total. The molecule has 0 aromatic heterocycles.